The van der Waals surface area contributed by atoms with Gasteiger partial charge in [0, 0.05) is 26.2 Å². The molecule has 41 nitrogen and oxygen atoms in total. The summed E-state index contributed by atoms with van der Waals surface area (Å²) in [4.78, 5) is 161. The summed E-state index contributed by atoms with van der Waals surface area (Å²) in [7, 11) is 0. The van der Waals surface area contributed by atoms with Crippen molar-refractivity contribution in [3.63, 3.8) is 0 Å². The Morgan fingerprint density at radius 2 is 0.495 bits per heavy atom. The second kappa shape index (κ2) is 55.3. The van der Waals surface area contributed by atoms with Crippen molar-refractivity contribution < 1.29 is 53.1 Å². The first-order chi connectivity index (χ1) is 48.0. The minimum absolute atomic E-state index is 0.00156. The Kier molecular flexibility index (Phi) is 50.2. The van der Waals surface area contributed by atoms with E-state index in [0.29, 0.717) is 57.9 Å². The van der Waals surface area contributed by atoms with Crippen LogP contribution in [0.2, 0.25) is 0 Å². The van der Waals surface area contributed by atoms with E-state index in [1.807, 2.05) is 0 Å². The van der Waals surface area contributed by atoms with Gasteiger partial charge in [-0.15, -0.1) is 0 Å². The summed E-state index contributed by atoms with van der Waals surface area (Å²) in [5, 5.41) is 33.9. The van der Waals surface area contributed by atoms with Gasteiger partial charge in [-0.25, -0.2) is 9.79 Å². The molecule has 0 aromatic heterocycles. The van der Waals surface area contributed by atoms with E-state index < -0.39 is 120 Å². The Morgan fingerprint density at radius 3 is 0.713 bits per heavy atom. The lowest BCUT2D eigenvalue weighted by molar-refractivity contribution is -0.141. The molecule has 0 spiro atoms. The van der Waals surface area contributed by atoms with Crippen LogP contribution in [0, 0.1) is 0 Å². The minimum atomic E-state index is -1.59. The number of guanidine groups is 5. The molecule has 101 heavy (non-hydrogen) atoms. The summed E-state index contributed by atoms with van der Waals surface area (Å²) in [6.45, 7) is 1.17. The van der Waals surface area contributed by atoms with Gasteiger partial charge in [0.15, 0.2) is 29.8 Å². The molecular weight excluding hydrogens is 1320 g/mol. The van der Waals surface area contributed by atoms with Crippen LogP contribution in [0.15, 0.2) is 37.1 Å². The van der Waals surface area contributed by atoms with Gasteiger partial charge < -0.3 is 145 Å². The molecule has 41 heteroatoms. The predicted molar refractivity (Wildman–Crippen MR) is 387 cm³/mol. The van der Waals surface area contributed by atoms with E-state index in [1.54, 1.807) is 0 Å². The van der Waals surface area contributed by atoms with Crippen LogP contribution in [0.5, 0.6) is 0 Å². The Balaban J connectivity index is 7.57. The van der Waals surface area contributed by atoms with Crippen molar-refractivity contribution in [3.05, 3.63) is 12.2 Å². The number of amides is 9. The minimum Gasteiger partial charge on any atom is -0.479 e. The number of nitrogens with two attached hydrogens (primary N) is 16. The molecule has 0 radical (unpaired) electrons. The van der Waals surface area contributed by atoms with E-state index in [0.717, 1.165) is 6.08 Å². The van der Waals surface area contributed by atoms with Crippen LogP contribution in [0.25, 0.3) is 0 Å². The van der Waals surface area contributed by atoms with Crippen molar-refractivity contribution in [2.24, 2.45) is 117 Å². The number of nitrogens with one attached hydrogen (secondary N) is 9. The topological polar surface area (TPSA) is 777 Å². The van der Waals surface area contributed by atoms with E-state index in [4.69, 9.17) is 91.7 Å². The number of aliphatic imine (C=N–C) groups is 5. The van der Waals surface area contributed by atoms with Crippen molar-refractivity contribution in [2.45, 2.75) is 208 Å². The highest BCUT2D eigenvalue weighted by Crippen LogP contribution is 2.13. The standard InChI is InChI=1S/C60H120N30O11/c61-26-6-1-16-36(66)46(91)82-41(21-11-31-77-56(67)68)50(95)83-37(17-2-7-27-62)47(92)87-42(22-12-32-78-57(69)70)51(96)84-38(18-3-8-28-63)48(93)88-43(23-13-33-79-58(71)72)52(97)85-39(19-4-9-29-64)49(94)89-44(24-14-34-80-59(73)74)53(98)86-40(20-5-10-30-65)54(99)90-45(55(100)101)25-15-35-81-60(75)76/h15,25,36-45H,1-14,16-24,26-35,61-66H2,(H,82,91)(H,83,95)(H,84,96)(H,85,97)(H,86,98)(H,87,92)(H,88,93)(H,89,94)(H,90,99)(H,100,101)(H4,67,68,77)(H4,69,70,78)(H4,71,72,79)(H4,73,74,80)(H4,75,76,81)/b25-15+/t36-,37-,38-,39-,40-,41-,42-,43-,44-,45-/m0/s1. The van der Waals surface area contributed by atoms with Crippen molar-refractivity contribution >= 4 is 88.9 Å². The lowest BCUT2D eigenvalue weighted by atomic mass is 10.0. The van der Waals surface area contributed by atoms with Gasteiger partial charge in [-0.2, -0.15) is 0 Å². The van der Waals surface area contributed by atoms with E-state index in [-0.39, 0.29) is 185 Å². The highest BCUT2D eigenvalue weighted by molar-refractivity contribution is 5.99. The van der Waals surface area contributed by atoms with Gasteiger partial charge >= 0.3 is 5.97 Å². The molecule has 0 saturated carbocycles. The third kappa shape index (κ3) is 44.3. The van der Waals surface area contributed by atoms with Crippen LogP contribution in [0.3, 0.4) is 0 Å². The molecule has 0 aliphatic carbocycles. The zero-order valence-corrected chi connectivity index (χ0v) is 58.3. The summed E-state index contributed by atoms with van der Waals surface area (Å²) in [5.74, 6) is -10.2. The predicted octanol–water partition coefficient (Wildman–Crippen LogP) is -9.55. The Labute approximate surface area is 590 Å². The van der Waals surface area contributed by atoms with E-state index >= 15 is 0 Å². The van der Waals surface area contributed by atoms with Crippen LogP contribution >= 0.6 is 0 Å². The first-order valence-corrected chi connectivity index (χ1v) is 34.2. The molecule has 9 amide bonds. The summed E-state index contributed by atoms with van der Waals surface area (Å²) < 4.78 is 0. The van der Waals surface area contributed by atoms with Gasteiger partial charge in [0.2, 0.25) is 53.2 Å². The summed E-state index contributed by atoms with van der Waals surface area (Å²) in [6, 6.07) is -13.7. The number of unbranched alkanes of at least 4 members (excludes halogenated alkanes) is 5. The van der Waals surface area contributed by atoms with Gasteiger partial charge in [-0.1, -0.05) is 18.6 Å². The number of carbonyl (C=O) groups excluding carboxylic acids is 9. The van der Waals surface area contributed by atoms with E-state index in [1.165, 1.54) is 6.08 Å². The summed E-state index contributed by atoms with van der Waals surface area (Å²) in [5.41, 5.74) is 90.4. The molecule has 0 aromatic rings. The molecule has 0 aromatic carbocycles. The summed E-state index contributed by atoms with van der Waals surface area (Å²) >= 11 is 0. The number of nitrogens with zero attached hydrogens (tertiary/aromatic N) is 5. The molecular formula is C60H120N30O11. The molecule has 0 rings (SSSR count). The fourth-order valence-electron chi connectivity index (χ4n) is 9.76. The molecule has 10 atom stereocenters. The van der Waals surface area contributed by atoms with Crippen LogP contribution < -0.4 is 140 Å². The van der Waals surface area contributed by atoms with Crippen molar-refractivity contribution in [1.29, 1.82) is 0 Å². The second-order valence-corrected chi connectivity index (χ2v) is 23.8. The highest BCUT2D eigenvalue weighted by Gasteiger charge is 2.36. The van der Waals surface area contributed by atoms with Gasteiger partial charge in [-0.3, -0.25) is 63.1 Å². The fraction of sp³-hybridized carbons (Fsp3) is 0.717. The average molecular weight is 1440 g/mol. The Bertz CT molecular complexity index is 2680. The average Bonchev–Trinajstić information content (AvgIpc) is 0.867. The Morgan fingerprint density at radius 1 is 0.287 bits per heavy atom. The van der Waals surface area contributed by atoms with Crippen LogP contribution in [-0.2, 0) is 47.9 Å². The molecule has 576 valence electrons. The number of hydrogen-bond donors (Lipinski definition) is 26. The van der Waals surface area contributed by atoms with Crippen molar-refractivity contribution in [1.82, 2.24) is 47.9 Å². The molecule has 42 N–H and O–H groups in total. The highest BCUT2D eigenvalue weighted by atomic mass is 16.4. The number of aliphatic carboxylic acids is 1. The largest absolute Gasteiger partial charge is 0.479 e. The molecule has 0 unspecified atom stereocenters. The van der Waals surface area contributed by atoms with Gasteiger partial charge in [0.25, 0.3) is 0 Å². The maximum absolute atomic E-state index is 14.8. The first-order valence-electron chi connectivity index (χ1n) is 34.2. The number of carboxylic acid groups (broad SMARTS) is 1. The second-order valence-electron chi connectivity index (χ2n) is 23.8. The van der Waals surface area contributed by atoms with Crippen molar-refractivity contribution in [3.8, 4) is 0 Å². The SMILES string of the molecule is NCCCC[C@H](NC(=O)[C@H](CCCN=C(N)N)NC(=O)[C@H](CCCCN)NC(=O)[C@H](CCCN=C(N)N)NC(=O)[C@H](CCCCN)NC(=O)[C@H](CCCN=C(N)N)NC(=O)[C@H](CCCCN)NC(=O)[C@H](CCCN=C(N)N)NC(=O)[C@@H](N)CCCCN)C(=O)N[C@@H](/C=C/CN=C(N)N)C(=O)O. The van der Waals surface area contributed by atoms with Crippen LogP contribution in [-0.4, -0.2) is 220 Å². The monoisotopic (exact) mass is 1440 g/mol. The molecule has 0 fully saturated rings. The van der Waals surface area contributed by atoms with Gasteiger partial charge in [0.1, 0.15) is 54.4 Å². The van der Waals surface area contributed by atoms with E-state index in [9.17, 15) is 53.1 Å². The zero-order valence-electron chi connectivity index (χ0n) is 58.3. The van der Waals surface area contributed by atoms with E-state index in [2.05, 4.69) is 72.8 Å². The van der Waals surface area contributed by atoms with Crippen LogP contribution in [0.4, 0.5) is 0 Å². The maximum atomic E-state index is 14.8. The third-order valence-electron chi connectivity index (χ3n) is 15.2. The third-order valence-corrected chi connectivity index (χ3v) is 15.2. The molecule has 0 bridgehead atoms. The van der Waals surface area contributed by atoms with Crippen LogP contribution in [0.1, 0.15) is 148 Å². The quantitative estimate of drug-likeness (QED) is 0.0116. The van der Waals surface area contributed by atoms with Gasteiger partial charge in [-0.05, 0) is 174 Å². The molecule has 0 aliphatic heterocycles. The molecule has 0 aliphatic rings. The fourth-order valence-corrected chi connectivity index (χ4v) is 9.76. The first kappa shape index (κ1) is 91.5. The Hall–Kier alpha value is -9.45. The number of hydrogen-bond acceptors (Lipinski definition) is 21. The number of carbonyl (C=O) groups is 10. The lowest BCUT2D eigenvalue weighted by Crippen LogP contribution is -2.60. The van der Waals surface area contributed by atoms with Gasteiger partial charge in [0.05, 0.1) is 12.6 Å². The number of carboxylic acids is 1. The smallest absolute Gasteiger partial charge is 0.330 e. The normalized spacial score (nSPS) is 14.0. The lowest BCUT2D eigenvalue weighted by Gasteiger charge is -2.28. The zero-order chi connectivity index (χ0) is 76.1. The molecule has 0 heterocycles. The maximum Gasteiger partial charge on any atom is 0.330 e. The summed E-state index contributed by atoms with van der Waals surface area (Å²) in [6.07, 6.45) is 6.63. The number of rotatable bonds is 58. The van der Waals surface area contributed by atoms with Crippen molar-refractivity contribution in [2.75, 3.05) is 65.4 Å². The molecule has 0 saturated heterocycles.